The lowest BCUT2D eigenvalue weighted by Gasteiger charge is -2.22. The minimum absolute atomic E-state index is 0.0727. The van der Waals surface area contributed by atoms with Crippen LogP contribution in [0.4, 0.5) is 5.13 Å². The van der Waals surface area contributed by atoms with E-state index in [1.165, 1.54) is 11.3 Å². The van der Waals surface area contributed by atoms with E-state index in [4.69, 9.17) is 14.5 Å². The number of amides is 1. The molecule has 0 bridgehead atoms. The Morgan fingerprint density at radius 2 is 1.69 bits per heavy atom. The smallest absolute Gasteiger partial charge is 0.260 e. The maximum absolute atomic E-state index is 13.3. The van der Waals surface area contributed by atoms with Gasteiger partial charge in [-0.05, 0) is 56.7 Å². The molecule has 0 N–H and O–H groups in total. The number of methoxy groups -OCH3 is 2. The van der Waals surface area contributed by atoms with Crippen molar-refractivity contribution in [3.63, 3.8) is 0 Å². The molecule has 0 spiro atoms. The lowest BCUT2D eigenvalue weighted by atomic mass is 10.2. The fourth-order valence-corrected chi connectivity index (χ4v) is 4.37. The van der Waals surface area contributed by atoms with Gasteiger partial charge in [0.05, 0.1) is 14.2 Å². The molecule has 0 unspecified atom stereocenters. The van der Waals surface area contributed by atoms with Crippen molar-refractivity contribution in [3.8, 4) is 11.5 Å². The van der Waals surface area contributed by atoms with E-state index in [1.807, 2.05) is 61.6 Å². The molecule has 0 atom stereocenters. The SMILES string of the molecule is COc1ccc(OC)c2sc(N(CCN(C)C)C(=O)c3ccc(SC)cc3)nc12. The summed E-state index contributed by atoms with van der Waals surface area (Å²) in [4.78, 5) is 23.0. The van der Waals surface area contributed by atoms with Gasteiger partial charge in [0.1, 0.15) is 21.7 Å². The van der Waals surface area contributed by atoms with Crippen molar-refractivity contribution in [3.05, 3.63) is 42.0 Å². The number of hydrogen-bond acceptors (Lipinski definition) is 7. The first-order valence-corrected chi connectivity index (χ1v) is 11.1. The van der Waals surface area contributed by atoms with E-state index in [2.05, 4.69) is 0 Å². The molecule has 3 aromatic rings. The summed E-state index contributed by atoms with van der Waals surface area (Å²) in [5.41, 5.74) is 1.34. The van der Waals surface area contributed by atoms with E-state index in [-0.39, 0.29) is 5.91 Å². The van der Waals surface area contributed by atoms with Crippen LogP contribution >= 0.6 is 23.1 Å². The normalized spacial score (nSPS) is 11.1. The maximum Gasteiger partial charge on any atom is 0.260 e. The van der Waals surface area contributed by atoms with Gasteiger partial charge in [-0.25, -0.2) is 4.98 Å². The molecular weight excluding hydrogens is 406 g/mol. The van der Waals surface area contributed by atoms with Crippen LogP contribution in [0.5, 0.6) is 11.5 Å². The van der Waals surface area contributed by atoms with E-state index >= 15 is 0 Å². The molecule has 0 radical (unpaired) electrons. The molecule has 1 aromatic heterocycles. The molecule has 3 rings (SSSR count). The molecule has 154 valence electrons. The molecule has 2 aromatic carbocycles. The molecule has 0 saturated heterocycles. The highest BCUT2D eigenvalue weighted by Crippen LogP contribution is 2.40. The first kappa shape index (κ1) is 21.4. The predicted molar refractivity (Wildman–Crippen MR) is 121 cm³/mol. The highest BCUT2D eigenvalue weighted by molar-refractivity contribution is 7.98. The zero-order valence-corrected chi connectivity index (χ0v) is 18.9. The molecule has 1 amide bonds. The van der Waals surface area contributed by atoms with Crippen LogP contribution in [0.2, 0.25) is 0 Å². The second kappa shape index (κ2) is 9.47. The average Bonchev–Trinajstić information content (AvgIpc) is 3.18. The third-order valence-electron chi connectivity index (χ3n) is 4.48. The zero-order valence-electron chi connectivity index (χ0n) is 17.3. The number of thiazole rings is 1. The van der Waals surface area contributed by atoms with Crippen molar-refractivity contribution in [2.75, 3.05) is 52.6 Å². The van der Waals surface area contributed by atoms with Crippen LogP contribution in [0.1, 0.15) is 10.4 Å². The van der Waals surface area contributed by atoms with Gasteiger partial charge in [-0.2, -0.15) is 0 Å². The minimum atomic E-state index is -0.0727. The van der Waals surface area contributed by atoms with Crippen molar-refractivity contribution in [1.29, 1.82) is 0 Å². The van der Waals surface area contributed by atoms with Crippen LogP contribution in [0, 0.1) is 0 Å². The van der Waals surface area contributed by atoms with Crippen LogP contribution in [0.25, 0.3) is 10.2 Å². The summed E-state index contributed by atoms with van der Waals surface area (Å²) in [6, 6.07) is 11.4. The first-order chi connectivity index (χ1) is 14.0. The quantitative estimate of drug-likeness (QED) is 0.497. The Morgan fingerprint density at radius 1 is 1.03 bits per heavy atom. The number of likely N-dealkylation sites (N-methyl/N-ethyl adjacent to an activating group) is 1. The summed E-state index contributed by atoms with van der Waals surface area (Å²) < 4.78 is 11.8. The molecule has 6 nitrogen and oxygen atoms in total. The van der Waals surface area contributed by atoms with Gasteiger partial charge in [0, 0.05) is 23.5 Å². The topological polar surface area (TPSA) is 54.9 Å². The third-order valence-corrected chi connectivity index (χ3v) is 6.32. The van der Waals surface area contributed by atoms with Gasteiger partial charge in [0.25, 0.3) is 5.91 Å². The molecule has 0 saturated carbocycles. The van der Waals surface area contributed by atoms with Crippen LogP contribution < -0.4 is 14.4 Å². The number of nitrogens with zero attached hydrogens (tertiary/aromatic N) is 3. The standard InChI is InChI=1S/C21H25N3O3S2/c1-23(2)12-13-24(20(25)14-6-8-15(28-5)9-7-14)21-22-18-16(26-3)10-11-17(27-4)19(18)29-21/h6-11H,12-13H2,1-5H3. The molecule has 29 heavy (non-hydrogen) atoms. The highest BCUT2D eigenvalue weighted by Gasteiger charge is 2.23. The van der Waals surface area contributed by atoms with E-state index < -0.39 is 0 Å². The van der Waals surface area contributed by atoms with Crippen LogP contribution in [-0.2, 0) is 0 Å². The van der Waals surface area contributed by atoms with Gasteiger partial charge in [0.15, 0.2) is 5.13 Å². The Hall–Kier alpha value is -2.29. The molecule has 0 aliphatic heterocycles. The van der Waals surface area contributed by atoms with Crippen molar-refractivity contribution in [2.24, 2.45) is 0 Å². The van der Waals surface area contributed by atoms with Crippen molar-refractivity contribution in [1.82, 2.24) is 9.88 Å². The summed E-state index contributed by atoms with van der Waals surface area (Å²) in [5.74, 6) is 1.30. The monoisotopic (exact) mass is 431 g/mol. The Balaban J connectivity index is 2.04. The lowest BCUT2D eigenvalue weighted by Crippen LogP contribution is -2.36. The zero-order chi connectivity index (χ0) is 21.0. The number of hydrogen-bond donors (Lipinski definition) is 0. The van der Waals surface area contributed by atoms with Gasteiger partial charge in [-0.15, -0.1) is 11.8 Å². The number of ether oxygens (including phenoxy) is 2. The Labute approximate surface area is 179 Å². The average molecular weight is 432 g/mol. The lowest BCUT2D eigenvalue weighted by molar-refractivity contribution is 0.0985. The van der Waals surface area contributed by atoms with Crippen LogP contribution in [0.3, 0.4) is 0 Å². The molecular formula is C21H25N3O3S2. The number of carbonyl (C=O) groups excluding carboxylic acids is 1. The first-order valence-electron chi connectivity index (χ1n) is 9.10. The number of benzene rings is 2. The van der Waals surface area contributed by atoms with Crippen LogP contribution in [-0.4, -0.2) is 63.5 Å². The Bertz CT molecular complexity index is 946. The molecule has 0 aliphatic carbocycles. The number of thioether (sulfide) groups is 1. The van der Waals surface area contributed by atoms with E-state index in [9.17, 15) is 4.79 Å². The molecule has 1 heterocycles. The molecule has 0 fully saturated rings. The highest BCUT2D eigenvalue weighted by atomic mass is 32.2. The summed E-state index contributed by atoms with van der Waals surface area (Å²) in [6.07, 6.45) is 2.02. The van der Waals surface area contributed by atoms with Gasteiger partial charge in [0.2, 0.25) is 0 Å². The number of aromatic nitrogens is 1. The summed E-state index contributed by atoms with van der Waals surface area (Å²) in [5, 5.41) is 0.628. The van der Waals surface area contributed by atoms with E-state index in [0.29, 0.717) is 34.3 Å². The van der Waals surface area contributed by atoms with Gasteiger partial charge in [-0.3, -0.25) is 9.69 Å². The fourth-order valence-electron chi connectivity index (χ4n) is 2.86. The van der Waals surface area contributed by atoms with Gasteiger partial charge < -0.3 is 14.4 Å². The van der Waals surface area contributed by atoms with Crippen molar-refractivity contribution < 1.29 is 14.3 Å². The van der Waals surface area contributed by atoms with E-state index in [1.54, 1.807) is 30.9 Å². The van der Waals surface area contributed by atoms with Crippen LogP contribution in [0.15, 0.2) is 41.3 Å². The number of carbonyl (C=O) groups is 1. The Morgan fingerprint density at radius 3 is 2.28 bits per heavy atom. The van der Waals surface area contributed by atoms with Crippen molar-refractivity contribution >= 4 is 44.4 Å². The molecule has 8 heteroatoms. The van der Waals surface area contributed by atoms with E-state index in [0.717, 1.165) is 16.1 Å². The number of rotatable bonds is 8. The van der Waals surface area contributed by atoms with Gasteiger partial charge in [-0.1, -0.05) is 11.3 Å². The number of fused-ring (bicyclic) bond motifs is 1. The number of anilines is 1. The maximum atomic E-state index is 13.3. The minimum Gasteiger partial charge on any atom is -0.495 e. The Kier molecular flexibility index (Phi) is 7.00. The summed E-state index contributed by atoms with van der Waals surface area (Å²) in [6.45, 7) is 1.25. The van der Waals surface area contributed by atoms with Crippen molar-refractivity contribution in [2.45, 2.75) is 4.90 Å². The second-order valence-electron chi connectivity index (χ2n) is 6.63. The fraction of sp³-hybridized carbons (Fsp3) is 0.333. The van der Waals surface area contributed by atoms with Gasteiger partial charge >= 0.3 is 0 Å². The second-order valence-corrected chi connectivity index (χ2v) is 8.49. The predicted octanol–water partition coefficient (Wildman–Crippen LogP) is 4.24. The largest absolute Gasteiger partial charge is 0.495 e. The molecule has 0 aliphatic rings. The summed E-state index contributed by atoms with van der Waals surface area (Å²) in [7, 11) is 7.21. The summed E-state index contributed by atoms with van der Waals surface area (Å²) >= 11 is 3.08. The third kappa shape index (κ3) is 4.66.